The van der Waals surface area contributed by atoms with E-state index >= 15 is 0 Å². The number of anilines is 1. The van der Waals surface area contributed by atoms with Crippen LogP contribution in [0.5, 0.6) is 0 Å². The van der Waals surface area contributed by atoms with Gasteiger partial charge in [-0.2, -0.15) is 0 Å². The Bertz CT molecular complexity index is 429. The number of rotatable bonds is 2. The summed E-state index contributed by atoms with van der Waals surface area (Å²) in [5, 5.41) is 2.92. The molecule has 4 heteroatoms. The third-order valence-corrected chi connectivity index (χ3v) is 4.99. The zero-order valence-electron chi connectivity index (χ0n) is 9.41. The first kappa shape index (κ1) is 11.9. The van der Waals surface area contributed by atoms with Crippen LogP contribution in [0.1, 0.15) is 31.4 Å². The van der Waals surface area contributed by atoms with Gasteiger partial charge in [0, 0.05) is 16.9 Å². The minimum absolute atomic E-state index is 0.0414. The Morgan fingerprint density at radius 2 is 2.12 bits per heavy atom. The Balaban J connectivity index is 2.38. The van der Waals surface area contributed by atoms with E-state index in [1.165, 1.54) is 21.9 Å². The third-order valence-electron chi connectivity index (χ3n) is 2.93. The molecule has 1 N–H and O–H groups in total. The number of amides is 1. The smallest absolute Gasteiger partial charge is 0.224 e. The van der Waals surface area contributed by atoms with Crippen LogP contribution in [-0.2, 0) is 16.0 Å². The van der Waals surface area contributed by atoms with Gasteiger partial charge in [-0.3, -0.25) is 4.79 Å². The van der Waals surface area contributed by atoms with Crippen LogP contribution >= 0.6 is 22.5 Å². The van der Waals surface area contributed by atoms with Crippen LogP contribution in [0.4, 0.5) is 5.69 Å². The van der Waals surface area contributed by atoms with E-state index in [2.05, 4.69) is 49.0 Å². The van der Waals surface area contributed by atoms with E-state index in [-0.39, 0.29) is 10.7 Å². The van der Waals surface area contributed by atoms with Crippen molar-refractivity contribution in [3.63, 3.8) is 0 Å². The first-order valence-electron chi connectivity index (χ1n) is 5.29. The molecule has 0 saturated carbocycles. The number of thiol groups is 1. The quantitative estimate of drug-likeness (QED) is 0.625. The number of carbonyl (C=O) groups is 1. The van der Waals surface area contributed by atoms with Crippen LogP contribution in [-0.4, -0.2) is 5.91 Å². The summed E-state index contributed by atoms with van der Waals surface area (Å²) in [5.74, 6) is 0.112. The SMILES string of the molecule is CC(C)(SS)c1ccc2c(c1)NC(=O)CC2. The lowest BCUT2D eigenvalue weighted by molar-refractivity contribution is -0.116. The summed E-state index contributed by atoms with van der Waals surface area (Å²) in [4.78, 5) is 11.3. The van der Waals surface area contributed by atoms with E-state index in [0.29, 0.717) is 6.42 Å². The van der Waals surface area contributed by atoms with Gasteiger partial charge in [0.25, 0.3) is 0 Å². The maximum Gasteiger partial charge on any atom is 0.224 e. The van der Waals surface area contributed by atoms with Gasteiger partial charge in [0.2, 0.25) is 5.91 Å². The molecule has 0 bridgehead atoms. The summed E-state index contributed by atoms with van der Waals surface area (Å²) in [6, 6.07) is 6.30. The predicted octanol–water partition coefficient (Wildman–Crippen LogP) is 3.38. The zero-order chi connectivity index (χ0) is 11.8. The van der Waals surface area contributed by atoms with E-state index in [4.69, 9.17) is 0 Å². The molecule has 16 heavy (non-hydrogen) atoms. The van der Waals surface area contributed by atoms with Crippen molar-refractivity contribution in [3.8, 4) is 0 Å². The van der Waals surface area contributed by atoms with E-state index in [1.54, 1.807) is 0 Å². The minimum Gasteiger partial charge on any atom is -0.326 e. The van der Waals surface area contributed by atoms with Gasteiger partial charge >= 0.3 is 0 Å². The number of fused-ring (bicyclic) bond motifs is 1. The second-order valence-corrected chi connectivity index (χ2v) is 6.27. The Labute approximate surface area is 105 Å². The second kappa shape index (κ2) is 4.34. The van der Waals surface area contributed by atoms with Crippen LogP contribution < -0.4 is 5.32 Å². The lowest BCUT2D eigenvalue weighted by atomic mass is 9.96. The van der Waals surface area contributed by atoms with Crippen LogP contribution in [0.3, 0.4) is 0 Å². The molecule has 0 aliphatic carbocycles. The average molecular weight is 253 g/mol. The number of aryl methyl sites for hydroxylation is 1. The van der Waals surface area contributed by atoms with Crippen LogP contribution in [0.25, 0.3) is 0 Å². The monoisotopic (exact) mass is 253 g/mol. The molecule has 0 unspecified atom stereocenters. The Morgan fingerprint density at radius 3 is 2.81 bits per heavy atom. The van der Waals surface area contributed by atoms with Gasteiger partial charge in [-0.15, -0.1) is 11.7 Å². The molecule has 0 atom stereocenters. The number of carbonyl (C=O) groups excluding carboxylic acids is 1. The first-order valence-corrected chi connectivity index (χ1v) is 7.15. The Morgan fingerprint density at radius 1 is 1.38 bits per heavy atom. The molecule has 1 aromatic rings. The molecule has 0 radical (unpaired) electrons. The summed E-state index contributed by atoms with van der Waals surface area (Å²) >= 11 is 4.29. The molecule has 2 nitrogen and oxygen atoms in total. The molecule has 0 aromatic heterocycles. The molecular formula is C12H15NOS2. The van der Waals surface area contributed by atoms with Crippen molar-refractivity contribution in [2.75, 3.05) is 5.32 Å². The zero-order valence-corrected chi connectivity index (χ0v) is 11.1. The van der Waals surface area contributed by atoms with Crippen molar-refractivity contribution in [2.24, 2.45) is 0 Å². The molecule has 0 saturated heterocycles. The van der Waals surface area contributed by atoms with Crippen molar-refractivity contribution in [1.29, 1.82) is 0 Å². The minimum atomic E-state index is -0.0414. The first-order chi connectivity index (χ1) is 7.53. The van der Waals surface area contributed by atoms with Crippen LogP contribution in [0, 0.1) is 0 Å². The van der Waals surface area contributed by atoms with Gasteiger partial charge in [0.1, 0.15) is 0 Å². The van der Waals surface area contributed by atoms with Gasteiger partial charge in [0.05, 0.1) is 0 Å². The summed E-state index contributed by atoms with van der Waals surface area (Å²) < 4.78 is -0.0414. The van der Waals surface area contributed by atoms with E-state index < -0.39 is 0 Å². The van der Waals surface area contributed by atoms with Crippen LogP contribution in [0.2, 0.25) is 0 Å². The lowest BCUT2D eigenvalue weighted by Gasteiger charge is -2.25. The fourth-order valence-electron chi connectivity index (χ4n) is 1.80. The molecular weight excluding hydrogens is 238 g/mol. The van der Waals surface area contributed by atoms with E-state index in [0.717, 1.165) is 12.1 Å². The highest BCUT2D eigenvalue weighted by Gasteiger charge is 2.22. The van der Waals surface area contributed by atoms with Crippen molar-refractivity contribution in [2.45, 2.75) is 31.4 Å². The fourth-order valence-corrected chi connectivity index (χ4v) is 2.35. The highest BCUT2D eigenvalue weighted by molar-refractivity contribution is 8.68. The maximum atomic E-state index is 11.3. The topological polar surface area (TPSA) is 29.1 Å². The molecule has 1 aromatic carbocycles. The molecule has 1 aliphatic heterocycles. The highest BCUT2D eigenvalue weighted by atomic mass is 33.1. The molecule has 2 rings (SSSR count). The van der Waals surface area contributed by atoms with Gasteiger partial charge in [-0.05, 0) is 37.5 Å². The summed E-state index contributed by atoms with van der Waals surface area (Å²) in [6.07, 6.45) is 1.44. The predicted molar refractivity (Wildman–Crippen MR) is 73.0 cm³/mol. The number of nitrogens with one attached hydrogen (secondary N) is 1. The summed E-state index contributed by atoms with van der Waals surface area (Å²) in [6.45, 7) is 4.24. The molecule has 86 valence electrons. The second-order valence-electron chi connectivity index (χ2n) is 4.52. The standard InChI is InChI=1S/C12H15NOS2/c1-12(2,16-15)9-5-3-8-4-6-11(14)13-10(8)7-9/h3,5,7,15H,4,6H2,1-2H3,(H,13,14). The van der Waals surface area contributed by atoms with Crippen LogP contribution in [0.15, 0.2) is 18.2 Å². The average Bonchev–Trinajstić information content (AvgIpc) is 2.28. The lowest BCUT2D eigenvalue weighted by Crippen LogP contribution is -2.20. The van der Waals surface area contributed by atoms with Crippen molar-refractivity contribution in [3.05, 3.63) is 29.3 Å². The van der Waals surface area contributed by atoms with E-state index in [1.807, 2.05) is 0 Å². The largest absolute Gasteiger partial charge is 0.326 e. The molecule has 1 aliphatic rings. The molecule has 1 heterocycles. The molecule has 1 amide bonds. The summed E-state index contributed by atoms with van der Waals surface area (Å²) in [5.41, 5.74) is 3.38. The van der Waals surface area contributed by atoms with Crippen molar-refractivity contribution in [1.82, 2.24) is 0 Å². The fraction of sp³-hybridized carbons (Fsp3) is 0.417. The van der Waals surface area contributed by atoms with E-state index in [9.17, 15) is 4.79 Å². The Hall–Kier alpha value is -0.610. The van der Waals surface area contributed by atoms with Crippen molar-refractivity contribution < 1.29 is 4.79 Å². The maximum absolute atomic E-state index is 11.3. The number of hydrogen-bond acceptors (Lipinski definition) is 3. The molecule has 0 spiro atoms. The Kier molecular flexibility index (Phi) is 3.22. The summed E-state index contributed by atoms with van der Waals surface area (Å²) in [7, 11) is 1.51. The van der Waals surface area contributed by atoms with Gasteiger partial charge in [-0.1, -0.05) is 22.9 Å². The van der Waals surface area contributed by atoms with Gasteiger partial charge in [0.15, 0.2) is 0 Å². The van der Waals surface area contributed by atoms with Crippen molar-refractivity contribution >= 4 is 34.0 Å². The number of benzene rings is 1. The van der Waals surface area contributed by atoms with Gasteiger partial charge in [-0.25, -0.2) is 0 Å². The van der Waals surface area contributed by atoms with Gasteiger partial charge < -0.3 is 5.32 Å². The number of hydrogen-bond donors (Lipinski definition) is 2. The molecule has 0 fully saturated rings. The normalized spacial score (nSPS) is 15.6. The third kappa shape index (κ3) is 2.23. The highest BCUT2D eigenvalue weighted by Crippen LogP contribution is 2.39.